The average Bonchev–Trinajstić information content (AvgIpc) is 2.55. The molecular formula is C9H6F3N3O. The van der Waals surface area contributed by atoms with E-state index in [0.717, 1.165) is 4.52 Å². The Bertz CT molecular complexity index is 559. The molecule has 1 amide bonds. The number of hydrogen-bond acceptors (Lipinski definition) is 2. The average molecular weight is 229 g/mol. The van der Waals surface area contributed by atoms with Crippen LogP contribution >= 0.6 is 0 Å². The SMILES string of the molecule is NC(=O)c1c(C(F)(F)F)nn2ccccc12. The molecule has 16 heavy (non-hydrogen) atoms. The first kappa shape index (κ1) is 10.5. The number of fused-ring (bicyclic) bond motifs is 1. The predicted octanol–water partition coefficient (Wildman–Crippen LogP) is 1.45. The molecule has 2 rings (SSSR count). The Balaban J connectivity index is 2.84. The molecule has 84 valence electrons. The minimum atomic E-state index is -4.70. The van der Waals surface area contributed by atoms with Crippen molar-refractivity contribution in [1.82, 2.24) is 9.61 Å². The smallest absolute Gasteiger partial charge is 0.365 e. The molecule has 0 unspecified atom stereocenters. The fourth-order valence-electron chi connectivity index (χ4n) is 1.44. The van der Waals surface area contributed by atoms with Crippen LogP contribution in [0.4, 0.5) is 13.2 Å². The molecule has 2 aromatic rings. The van der Waals surface area contributed by atoms with E-state index in [9.17, 15) is 18.0 Å². The van der Waals surface area contributed by atoms with E-state index < -0.39 is 23.3 Å². The van der Waals surface area contributed by atoms with Gasteiger partial charge in [-0.05, 0) is 12.1 Å². The summed E-state index contributed by atoms with van der Waals surface area (Å²) in [5, 5.41) is 3.30. The van der Waals surface area contributed by atoms with Gasteiger partial charge >= 0.3 is 6.18 Å². The second-order valence-corrected chi connectivity index (χ2v) is 3.12. The van der Waals surface area contributed by atoms with E-state index in [1.165, 1.54) is 24.4 Å². The summed E-state index contributed by atoms with van der Waals surface area (Å²) in [6.07, 6.45) is -3.38. The number of nitrogens with zero attached hydrogens (tertiary/aromatic N) is 2. The maximum absolute atomic E-state index is 12.6. The Morgan fingerprint density at radius 3 is 2.62 bits per heavy atom. The van der Waals surface area contributed by atoms with Crippen molar-refractivity contribution in [2.45, 2.75) is 6.18 Å². The third-order valence-electron chi connectivity index (χ3n) is 2.05. The van der Waals surface area contributed by atoms with Crippen molar-refractivity contribution in [2.75, 3.05) is 0 Å². The van der Waals surface area contributed by atoms with Gasteiger partial charge in [-0.25, -0.2) is 4.52 Å². The van der Waals surface area contributed by atoms with Crippen LogP contribution in [0, 0.1) is 0 Å². The molecule has 0 atom stereocenters. The number of primary amides is 1. The normalized spacial score (nSPS) is 11.9. The number of amides is 1. The first-order chi connectivity index (χ1) is 7.41. The Labute approximate surface area is 87.5 Å². The first-order valence-corrected chi connectivity index (χ1v) is 4.25. The summed E-state index contributed by atoms with van der Waals surface area (Å²) in [5.41, 5.74) is 3.11. The van der Waals surface area contributed by atoms with Crippen molar-refractivity contribution >= 4 is 11.4 Å². The predicted molar refractivity (Wildman–Crippen MR) is 48.7 cm³/mol. The zero-order chi connectivity index (χ0) is 11.9. The highest BCUT2D eigenvalue weighted by molar-refractivity contribution is 6.01. The third kappa shape index (κ3) is 1.50. The van der Waals surface area contributed by atoms with E-state index in [1.54, 1.807) is 0 Å². The number of carbonyl (C=O) groups is 1. The zero-order valence-corrected chi connectivity index (χ0v) is 7.82. The highest BCUT2D eigenvalue weighted by Crippen LogP contribution is 2.32. The number of nitrogens with two attached hydrogens (primary N) is 1. The number of carbonyl (C=O) groups excluding carboxylic acids is 1. The molecule has 2 aromatic heterocycles. The first-order valence-electron chi connectivity index (χ1n) is 4.25. The molecule has 7 heteroatoms. The Morgan fingerprint density at radius 2 is 2.06 bits per heavy atom. The molecule has 0 aliphatic carbocycles. The summed E-state index contributed by atoms with van der Waals surface area (Å²) < 4.78 is 38.7. The van der Waals surface area contributed by atoms with Crippen molar-refractivity contribution in [3.05, 3.63) is 35.7 Å². The summed E-state index contributed by atoms with van der Waals surface area (Å²) in [6.45, 7) is 0. The fourth-order valence-corrected chi connectivity index (χ4v) is 1.44. The van der Waals surface area contributed by atoms with Gasteiger partial charge < -0.3 is 5.73 Å². The van der Waals surface area contributed by atoms with E-state index in [0.29, 0.717) is 0 Å². The van der Waals surface area contributed by atoms with Gasteiger partial charge in [-0.3, -0.25) is 4.79 Å². The van der Waals surface area contributed by atoms with Crippen LogP contribution in [0.15, 0.2) is 24.4 Å². The van der Waals surface area contributed by atoms with Gasteiger partial charge in [-0.15, -0.1) is 0 Å². The lowest BCUT2D eigenvalue weighted by Gasteiger charge is -2.02. The Hall–Kier alpha value is -2.05. The molecular weight excluding hydrogens is 223 g/mol. The van der Waals surface area contributed by atoms with Crippen molar-refractivity contribution in [3.8, 4) is 0 Å². The van der Waals surface area contributed by atoms with Gasteiger partial charge in [-0.2, -0.15) is 18.3 Å². The molecule has 0 aromatic carbocycles. The number of hydrogen-bond donors (Lipinski definition) is 1. The summed E-state index contributed by atoms with van der Waals surface area (Å²) in [4.78, 5) is 11.0. The van der Waals surface area contributed by atoms with Crippen LogP contribution in [0.5, 0.6) is 0 Å². The van der Waals surface area contributed by atoms with Gasteiger partial charge in [0, 0.05) is 6.20 Å². The van der Waals surface area contributed by atoms with Gasteiger partial charge in [-0.1, -0.05) is 6.07 Å². The number of rotatable bonds is 1. The number of halogens is 3. The van der Waals surface area contributed by atoms with Crippen molar-refractivity contribution in [2.24, 2.45) is 5.73 Å². The summed E-state index contributed by atoms with van der Waals surface area (Å²) >= 11 is 0. The summed E-state index contributed by atoms with van der Waals surface area (Å²) in [5.74, 6) is -1.14. The molecule has 0 spiro atoms. The van der Waals surface area contributed by atoms with Crippen molar-refractivity contribution in [1.29, 1.82) is 0 Å². The lowest BCUT2D eigenvalue weighted by atomic mass is 10.2. The quantitative estimate of drug-likeness (QED) is 0.804. The molecule has 0 aliphatic rings. The van der Waals surface area contributed by atoms with Crippen LogP contribution in [0.3, 0.4) is 0 Å². The van der Waals surface area contributed by atoms with Crippen LogP contribution < -0.4 is 5.73 Å². The van der Waals surface area contributed by atoms with Crippen LogP contribution in [0.2, 0.25) is 0 Å². The Morgan fingerprint density at radius 1 is 1.38 bits per heavy atom. The van der Waals surface area contributed by atoms with Gasteiger partial charge in [0.15, 0.2) is 5.69 Å². The van der Waals surface area contributed by atoms with Crippen LogP contribution in [-0.2, 0) is 6.18 Å². The number of pyridine rings is 1. The standard InChI is InChI=1S/C9H6F3N3O/c10-9(11,12)7-6(8(13)16)5-3-1-2-4-15(5)14-7/h1-4H,(H2,13,16). The van der Waals surface area contributed by atoms with E-state index >= 15 is 0 Å². The lowest BCUT2D eigenvalue weighted by molar-refractivity contribution is -0.141. The van der Waals surface area contributed by atoms with Crippen LogP contribution in [0.25, 0.3) is 5.52 Å². The molecule has 0 bridgehead atoms. The van der Waals surface area contributed by atoms with Crippen LogP contribution in [0.1, 0.15) is 16.1 Å². The molecule has 2 N–H and O–H groups in total. The van der Waals surface area contributed by atoms with Gasteiger partial charge in [0.2, 0.25) is 0 Å². The molecule has 0 fully saturated rings. The number of alkyl halides is 3. The highest BCUT2D eigenvalue weighted by Gasteiger charge is 2.39. The second-order valence-electron chi connectivity index (χ2n) is 3.12. The summed E-state index contributed by atoms with van der Waals surface area (Å²) in [6, 6.07) is 4.36. The molecule has 0 saturated carbocycles. The molecule has 0 radical (unpaired) electrons. The third-order valence-corrected chi connectivity index (χ3v) is 2.05. The van der Waals surface area contributed by atoms with Crippen molar-refractivity contribution < 1.29 is 18.0 Å². The maximum atomic E-state index is 12.6. The van der Waals surface area contributed by atoms with E-state index in [4.69, 9.17) is 5.73 Å². The maximum Gasteiger partial charge on any atom is 0.436 e. The van der Waals surface area contributed by atoms with Gasteiger partial charge in [0.05, 0.1) is 11.1 Å². The molecule has 4 nitrogen and oxygen atoms in total. The molecule has 2 heterocycles. The topological polar surface area (TPSA) is 60.4 Å². The fraction of sp³-hybridized carbons (Fsp3) is 0.111. The van der Waals surface area contributed by atoms with E-state index in [2.05, 4.69) is 5.10 Å². The monoisotopic (exact) mass is 229 g/mol. The molecule has 0 aliphatic heterocycles. The van der Waals surface area contributed by atoms with E-state index in [1.807, 2.05) is 0 Å². The Kier molecular flexibility index (Phi) is 2.11. The van der Waals surface area contributed by atoms with Gasteiger partial charge in [0.1, 0.15) is 0 Å². The second kappa shape index (κ2) is 3.22. The van der Waals surface area contributed by atoms with E-state index in [-0.39, 0.29) is 5.52 Å². The lowest BCUT2D eigenvalue weighted by Crippen LogP contribution is -2.17. The molecule has 0 saturated heterocycles. The van der Waals surface area contributed by atoms with Gasteiger partial charge in [0.25, 0.3) is 5.91 Å². The summed E-state index contributed by atoms with van der Waals surface area (Å²) in [7, 11) is 0. The number of aromatic nitrogens is 2. The minimum absolute atomic E-state index is 0.0438. The highest BCUT2D eigenvalue weighted by atomic mass is 19.4. The minimum Gasteiger partial charge on any atom is -0.365 e. The van der Waals surface area contributed by atoms with Crippen LogP contribution in [-0.4, -0.2) is 15.5 Å². The largest absolute Gasteiger partial charge is 0.436 e. The van der Waals surface area contributed by atoms with Crippen molar-refractivity contribution in [3.63, 3.8) is 0 Å². The zero-order valence-electron chi connectivity index (χ0n) is 7.82.